The first-order chi connectivity index (χ1) is 17.2. The number of amides is 4. The molecule has 7 N–H and O–H groups in total. The van der Waals surface area contributed by atoms with Crippen molar-refractivity contribution in [1.82, 2.24) is 15.5 Å². The smallest absolute Gasteiger partial charge is 0.269 e. The van der Waals surface area contributed by atoms with Gasteiger partial charge in [0.15, 0.2) is 5.96 Å². The lowest BCUT2D eigenvalue weighted by Gasteiger charge is -2.28. The molecule has 2 aliphatic heterocycles. The molecule has 3 atom stereocenters. The molecule has 194 valence electrons. The second-order valence-electron chi connectivity index (χ2n) is 8.65. The Kier molecular flexibility index (Phi) is 8.76. The van der Waals surface area contributed by atoms with Crippen molar-refractivity contribution in [2.75, 3.05) is 18.4 Å². The third kappa shape index (κ3) is 6.90. The SMILES string of the molecule is NC(N)=NCCC[C@H](NC(=O)[C@H]1CCCN1C(=O)[C@@H]1CCC(=O)N1)C(=O)Nc1ccc([N+](=O)[O-])cc1. The van der Waals surface area contributed by atoms with Crippen molar-refractivity contribution in [3.8, 4) is 0 Å². The van der Waals surface area contributed by atoms with Crippen molar-refractivity contribution in [1.29, 1.82) is 0 Å². The van der Waals surface area contributed by atoms with E-state index in [0.717, 1.165) is 0 Å². The molecule has 3 rings (SSSR count). The summed E-state index contributed by atoms with van der Waals surface area (Å²) in [6.45, 7) is 0.627. The van der Waals surface area contributed by atoms with E-state index in [-0.39, 0.29) is 42.8 Å². The summed E-state index contributed by atoms with van der Waals surface area (Å²) in [7, 11) is 0. The van der Waals surface area contributed by atoms with E-state index in [0.29, 0.717) is 37.9 Å². The van der Waals surface area contributed by atoms with E-state index >= 15 is 0 Å². The Morgan fingerprint density at radius 3 is 2.56 bits per heavy atom. The molecular formula is C22H30N8O6. The van der Waals surface area contributed by atoms with Gasteiger partial charge in [-0.1, -0.05) is 0 Å². The Morgan fingerprint density at radius 2 is 1.94 bits per heavy atom. The highest BCUT2D eigenvalue weighted by Crippen LogP contribution is 2.22. The molecule has 0 saturated carbocycles. The number of guanidine groups is 1. The molecule has 0 bridgehead atoms. The van der Waals surface area contributed by atoms with Gasteiger partial charge in [-0.25, -0.2) is 0 Å². The molecule has 0 radical (unpaired) electrons. The minimum atomic E-state index is -0.967. The zero-order valence-corrected chi connectivity index (χ0v) is 19.6. The number of carbonyl (C=O) groups excluding carboxylic acids is 4. The van der Waals surface area contributed by atoms with E-state index in [2.05, 4.69) is 20.9 Å². The Balaban J connectivity index is 1.67. The monoisotopic (exact) mass is 502 g/mol. The van der Waals surface area contributed by atoms with Gasteiger partial charge in [0.1, 0.15) is 18.1 Å². The molecule has 0 unspecified atom stereocenters. The van der Waals surface area contributed by atoms with E-state index < -0.39 is 34.9 Å². The molecule has 0 aromatic heterocycles. The lowest BCUT2D eigenvalue weighted by atomic mass is 10.1. The summed E-state index contributed by atoms with van der Waals surface area (Å²) < 4.78 is 0. The number of nitrogens with zero attached hydrogens (tertiary/aromatic N) is 3. The number of benzene rings is 1. The Hall–Kier alpha value is -4.23. The van der Waals surface area contributed by atoms with E-state index in [4.69, 9.17) is 11.5 Å². The Morgan fingerprint density at radius 1 is 1.22 bits per heavy atom. The van der Waals surface area contributed by atoms with Gasteiger partial charge in [0.2, 0.25) is 23.6 Å². The summed E-state index contributed by atoms with van der Waals surface area (Å²) in [6, 6.07) is 2.92. The van der Waals surface area contributed by atoms with Crippen LogP contribution >= 0.6 is 0 Å². The Labute approximate surface area is 207 Å². The number of carbonyl (C=O) groups is 4. The van der Waals surface area contributed by atoms with Gasteiger partial charge in [0, 0.05) is 37.3 Å². The first kappa shape index (κ1) is 26.4. The van der Waals surface area contributed by atoms with Crippen LogP contribution in [0.4, 0.5) is 11.4 Å². The molecule has 2 heterocycles. The molecule has 36 heavy (non-hydrogen) atoms. The maximum absolute atomic E-state index is 13.2. The highest BCUT2D eigenvalue weighted by molar-refractivity contribution is 5.99. The van der Waals surface area contributed by atoms with E-state index in [1.807, 2.05) is 0 Å². The van der Waals surface area contributed by atoms with Gasteiger partial charge in [-0.3, -0.25) is 34.3 Å². The largest absolute Gasteiger partial charge is 0.370 e. The zero-order valence-electron chi connectivity index (χ0n) is 19.6. The minimum Gasteiger partial charge on any atom is -0.370 e. The van der Waals surface area contributed by atoms with E-state index in [1.165, 1.54) is 29.2 Å². The molecule has 14 nitrogen and oxygen atoms in total. The molecule has 4 amide bonds. The van der Waals surface area contributed by atoms with Crippen LogP contribution in [0.3, 0.4) is 0 Å². The summed E-state index contributed by atoms with van der Waals surface area (Å²) in [6.07, 6.45) is 2.30. The number of non-ortho nitro benzene ring substituents is 1. The molecular weight excluding hydrogens is 472 g/mol. The van der Waals surface area contributed by atoms with Crippen molar-refractivity contribution < 1.29 is 24.1 Å². The van der Waals surface area contributed by atoms with Crippen molar-refractivity contribution in [2.45, 2.75) is 56.7 Å². The fourth-order valence-corrected chi connectivity index (χ4v) is 4.24. The van der Waals surface area contributed by atoms with Crippen molar-refractivity contribution in [3.05, 3.63) is 34.4 Å². The van der Waals surface area contributed by atoms with Crippen molar-refractivity contribution >= 4 is 41.0 Å². The quantitative estimate of drug-likeness (QED) is 0.0907. The van der Waals surface area contributed by atoms with Crippen molar-refractivity contribution in [2.24, 2.45) is 16.5 Å². The van der Waals surface area contributed by atoms with Crippen LogP contribution < -0.4 is 27.4 Å². The molecule has 14 heteroatoms. The normalized spacial score (nSPS) is 19.8. The molecule has 0 aliphatic carbocycles. The number of nitro benzene ring substituents is 1. The number of anilines is 1. The topological polar surface area (TPSA) is 215 Å². The number of likely N-dealkylation sites (tertiary alicyclic amines) is 1. The number of rotatable bonds is 10. The minimum absolute atomic E-state index is 0.0926. The lowest BCUT2D eigenvalue weighted by molar-refractivity contribution is -0.384. The molecule has 2 aliphatic rings. The molecule has 1 aromatic carbocycles. The van der Waals surface area contributed by atoms with Gasteiger partial charge in [0.25, 0.3) is 5.69 Å². The second-order valence-corrected chi connectivity index (χ2v) is 8.65. The average Bonchev–Trinajstić information content (AvgIpc) is 3.50. The van der Waals surface area contributed by atoms with Gasteiger partial charge in [0.05, 0.1) is 4.92 Å². The van der Waals surface area contributed by atoms with Gasteiger partial charge in [-0.05, 0) is 44.2 Å². The summed E-state index contributed by atoms with van der Waals surface area (Å²) in [5, 5.41) is 18.9. The van der Waals surface area contributed by atoms with Crippen LogP contribution in [0.5, 0.6) is 0 Å². The fraction of sp³-hybridized carbons (Fsp3) is 0.500. The van der Waals surface area contributed by atoms with Crippen molar-refractivity contribution in [3.63, 3.8) is 0 Å². The van der Waals surface area contributed by atoms with Crippen LogP contribution in [-0.2, 0) is 19.2 Å². The Bertz CT molecular complexity index is 1040. The first-order valence-corrected chi connectivity index (χ1v) is 11.7. The molecule has 2 saturated heterocycles. The standard InChI is InChI=1S/C22H30N8O6/c23-22(24)25-11-1-3-15(19(32)26-13-5-7-14(8-6-13)30(35)36)28-20(33)17-4-2-12-29(17)21(34)16-9-10-18(31)27-16/h5-8,15-17H,1-4,9-12H2,(H,26,32)(H,27,31)(H,28,33)(H4,23,24,25)/t15-,16-,17+/m0/s1. The van der Waals surface area contributed by atoms with E-state index in [1.54, 1.807) is 0 Å². The van der Waals surface area contributed by atoms with Crippen LogP contribution in [0.1, 0.15) is 38.5 Å². The van der Waals surface area contributed by atoms with Crippen LogP contribution in [0.2, 0.25) is 0 Å². The maximum Gasteiger partial charge on any atom is 0.269 e. The predicted octanol–water partition coefficient (Wildman–Crippen LogP) is -0.659. The number of hydrogen-bond donors (Lipinski definition) is 5. The third-order valence-corrected chi connectivity index (χ3v) is 6.06. The number of nitrogens with one attached hydrogen (secondary N) is 3. The number of hydrogen-bond acceptors (Lipinski definition) is 7. The van der Waals surface area contributed by atoms with E-state index in [9.17, 15) is 29.3 Å². The summed E-state index contributed by atoms with van der Waals surface area (Å²) in [5.41, 5.74) is 10.9. The second kappa shape index (κ2) is 12.0. The highest BCUT2D eigenvalue weighted by Gasteiger charge is 2.40. The van der Waals surface area contributed by atoms with Gasteiger partial charge >= 0.3 is 0 Å². The molecule has 1 aromatic rings. The van der Waals surface area contributed by atoms with Crippen LogP contribution in [0.25, 0.3) is 0 Å². The molecule has 2 fully saturated rings. The fourth-order valence-electron chi connectivity index (χ4n) is 4.24. The zero-order chi connectivity index (χ0) is 26.2. The number of nitro groups is 1. The molecule has 0 spiro atoms. The maximum atomic E-state index is 13.2. The predicted molar refractivity (Wildman–Crippen MR) is 129 cm³/mol. The lowest BCUT2D eigenvalue weighted by Crippen LogP contribution is -2.54. The summed E-state index contributed by atoms with van der Waals surface area (Å²) in [5.74, 6) is -1.60. The van der Waals surface area contributed by atoms with Crippen LogP contribution in [0.15, 0.2) is 29.3 Å². The van der Waals surface area contributed by atoms with Gasteiger partial charge < -0.3 is 32.3 Å². The average molecular weight is 503 g/mol. The van der Waals surface area contributed by atoms with Crippen LogP contribution in [-0.4, -0.2) is 70.6 Å². The van der Waals surface area contributed by atoms with Gasteiger partial charge in [-0.2, -0.15) is 0 Å². The van der Waals surface area contributed by atoms with Crippen LogP contribution in [0, 0.1) is 10.1 Å². The third-order valence-electron chi connectivity index (χ3n) is 6.06. The number of aliphatic imine (C=N–C) groups is 1. The van der Waals surface area contributed by atoms with Gasteiger partial charge in [-0.15, -0.1) is 0 Å². The number of nitrogens with two attached hydrogens (primary N) is 2. The highest BCUT2D eigenvalue weighted by atomic mass is 16.6. The summed E-state index contributed by atoms with van der Waals surface area (Å²) in [4.78, 5) is 66.2. The summed E-state index contributed by atoms with van der Waals surface area (Å²) >= 11 is 0. The first-order valence-electron chi connectivity index (χ1n) is 11.7.